The van der Waals surface area contributed by atoms with Crippen molar-refractivity contribution in [1.29, 1.82) is 0 Å². The molecular formula is C23H30ClFN4O3. The fraction of sp³-hybridized carbons (Fsp3) is 0.609. The Morgan fingerprint density at radius 2 is 1.94 bits per heavy atom. The van der Waals surface area contributed by atoms with Crippen LogP contribution in [0.2, 0.25) is 5.02 Å². The Hall–Kier alpha value is -2.35. The zero-order valence-electron chi connectivity index (χ0n) is 18.6. The summed E-state index contributed by atoms with van der Waals surface area (Å²) in [5.74, 6) is -1.29. The molecule has 0 aromatic heterocycles. The average molecular weight is 465 g/mol. The van der Waals surface area contributed by atoms with Crippen LogP contribution in [0.5, 0.6) is 0 Å². The van der Waals surface area contributed by atoms with Crippen molar-refractivity contribution in [3.63, 3.8) is 0 Å². The van der Waals surface area contributed by atoms with Gasteiger partial charge in [0.1, 0.15) is 11.7 Å². The summed E-state index contributed by atoms with van der Waals surface area (Å²) in [4.78, 5) is 43.6. The van der Waals surface area contributed by atoms with Gasteiger partial charge in [0.2, 0.25) is 11.8 Å². The van der Waals surface area contributed by atoms with E-state index in [1.54, 1.807) is 29.8 Å². The first kappa shape index (κ1) is 22.8. The van der Waals surface area contributed by atoms with Crippen LogP contribution in [-0.4, -0.2) is 71.3 Å². The number of urea groups is 1. The first-order chi connectivity index (χ1) is 15.3. The fourth-order valence-electron chi connectivity index (χ4n) is 4.75. The van der Waals surface area contributed by atoms with E-state index in [1.165, 1.54) is 6.07 Å². The van der Waals surface area contributed by atoms with E-state index in [-0.39, 0.29) is 36.5 Å². The van der Waals surface area contributed by atoms with Gasteiger partial charge in [-0.05, 0) is 56.7 Å². The topological polar surface area (TPSA) is 73.0 Å². The third-order valence-corrected chi connectivity index (χ3v) is 7.17. The van der Waals surface area contributed by atoms with E-state index in [9.17, 15) is 18.8 Å². The summed E-state index contributed by atoms with van der Waals surface area (Å²) in [5, 5.41) is 3.21. The molecule has 1 aliphatic carbocycles. The van der Waals surface area contributed by atoms with E-state index in [0.29, 0.717) is 36.6 Å². The van der Waals surface area contributed by atoms with Crippen molar-refractivity contribution in [3.05, 3.63) is 34.1 Å². The maximum absolute atomic E-state index is 14.2. The second kappa shape index (κ2) is 9.25. The molecule has 2 saturated heterocycles. The Morgan fingerprint density at radius 3 is 2.59 bits per heavy atom. The number of likely N-dealkylation sites (tertiary alicyclic amines) is 2. The fourth-order valence-corrected chi connectivity index (χ4v) is 4.90. The highest BCUT2D eigenvalue weighted by Crippen LogP contribution is 2.32. The predicted molar refractivity (Wildman–Crippen MR) is 119 cm³/mol. The van der Waals surface area contributed by atoms with Crippen LogP contribution in [0.1, 0.15) is 43.2 Å². The first-order valence-corrected chi connectivity index (χ1v) is 11.7. The molecule has 2 aliphatic heterocycles. The van der Waals surface area contributed by atoms with E-state index in [2.05, 4.69) is 5.32 Å². The summed E-state index contributed by atoms with van der Waals surface area (Å²) >= 11 is 5.96. The van der Waals surface area contributed by atoms with Crippen molar-refractivity contribution in [3.8, 4) is 0 Å². The summed E-state index contributed by atoms with van der Waals surface area (Å²) in [6, 6.07) is 2.72. The van der Waals surface area contributed by atoms with Crippen LogP contribution in [0.25, 0.3) is 0 Å². The Kier molecular flexibility index (Phi) is 6.60. The Bertz CT molecular complexity index is 923. The molecule has 2 atom stereocenters. The zero-order chi connectivity index (χ0) is 23.0. The molecule has 0 spiro atoms. The molecule has 174 valence electrons. The van der Waals surface area contributed by atoms with Gasteiger partial charge in [-0.25, -0.2) is 9.18 Å². The minimum Gasteiger partial charge on any atom is -0.345 e. The maximum atomic E-state index is 14.2. The number of rotatable bonds is 5. The van der Waals surface area contributed by atoms with Crippen molar-refractivity contribution in [2.75, 3.05) is 26.7 Å². The third kappa shape index (κ3) is 4.70. The lowest BCUT2D eigenvalue weighted by molar-refractivity contribution is -0.144. The average Bonchev–Trinajstić information content (AvgIpc) is 3.54. The van der Waals surface area contributed by atoms with Crippen LogP contribution in [0.15, 0.2) is 12.1 Å². The van der Waals surface area contributed by atoms with Crippen molar-refractivity contribution in [2.45, 2.75) is 57.7 Å². The largest absolute Gasteiger partial charge is 0.345 e. The number of nitrogens with one attached hydrogen (secondary N) is 1. The van der Waals surface area contributed by atoms with Gasteiger partial charge in [-0.2, -0.15) is 0 Å². The van der Waals surface area contributed by atoms with Crippen LogP contribution in [0.3, 0.4) is 0 Å². The van der Waals surface area contributed by atoms with Crippen molar-refractivity contribution < 1.29 is 18.8 Å². The standard InChI is InChI=1S/C23H30ClFN4O3/c1-14-10-15(20(25)11-19(14)24)12-26-23(32)29(16-5-6-16)17-4-3-8-28(13-17)22(31)18-7-9-27(2)21(18)30/h10-11,16-18H,3-9,12-13H2,1-2H3,(H,26,32)/t17-,18?/m1/s1. The van der Waals surface area contributed by atoms with Gasteiger partial charge in [-0.15, -0.1) is 0 Å². The predicted octanol–water partition coefficient (Wildman–Crippen LogP) is 2.93. The highest BCUT2D eigenvalue weighted by atomic mass is 35.5. The number of hydrogen-bond acceptors (Lipinski definition) is 3. The van der Waals surface area contributed by atoms with Gasteiger partial charge < -0.3 is 20.0 Å². The Balaban J connectivity index is 1.41. The van der Waals surface area contributed by atoms with Gasteiger partial charge >= 0.3 is 6.03 Å². The van der Waals surface area contributed by atoms with Crippen LogP contribution in [0.4, 0.5) is 9.18 Å². The minimum atomic E-state index is -0.599. The monoisotopic (exact) mass is 464 g/mol. The summed E-state index contributed by atoms with van der Waals surface area (Å²) in [7, 11) is 1.72. The highest BCUT2D eigenvalue weighted by Gasteiger charge is 2.42. The highest BCUT2D eigenvalue weighted by molar-refractivity contribution is 6.31. The van der Waals surface area contributed by atoms with E-state index in [4.69, 9.17) is 11.6 Å². The number of carbonyl (C=O) groups is 3. The lowest BCUT2D eigenvalue weighted by Gasteiger charge is -2.40. The summed E-state index contributed by atoms with van der Waals surface area (Å²) < 4.78 is 14.2. The number of aryl methyl sites for hydroxylation is 1. The van der Waals surface area contributed by atoms with E-state index >= 15 is 0 Å². The van der Waals surface area contributed by atoms with Gasteiger partial charge in [0.15, 0.2) is 0 Å². The molecule has 1 saturated carbocycles. The number of carbonyl (C=O) groups excluding carboxylic acids is 3. The van der Waals surface area contributed by atoms with E-state index in [1.807, 2.05) is 4.90 Å². The lowest BCUT2D eigenvalue weighted by Crippen LogP contribution is -2.55. The van der Waals surface area contributed by atoms with Gasteiger partial charge in [0, 0.05) is 49.9 Å². The summed E-state index contributed by atoms with van der Waals surface area (Å²) in [5.41, 5.74) is 1.14. The molecule has 0 bridgehead atoms. The smallest absolute Gasteiger partial charge is 0.318 e. The first-order valence-electron chi connectivity index (χ1n) is 11.3. The molecule has 4 rings (SSSR count). The van der Waals surface area contributed by atoms with Crippen LogP contribution in [0, 0.1) is 18.7 Å². The quantitative estimate of drug-likeness (QED) is 0.681. The van der Waals surface area contributed by atoms with E-state index in [0.717, 1.165) is 31.2 Å². The van der Waals surface area contributed by atoms with Crippen molar-refractivity contribution >= 4 is 29.4 Å². The normalized spacial score (nSPS) is 23.4. The molecule has 1 aromatic carbocycles. The Morgan fingerprint density at radius 1 is 1.19 bits per heavy atom. The molecule has 7 nitrogen and oxygen atoms in total. The molecule has 1 N–H and O–H groups in total. The number of piperidine rings is 1. The maximum Gasteiger partial charge on any atom is 0.318 e. The second-order valence-electron chi connectivity index (χ2n) is 9.17. The number of benzene rings is 1. The Labute approximate surface area is 192 Å². The number of halogens is 2. The third-order valence-electron chi connectivity index (χ3n) is 6.76. The lowest BCUT2D eigenvalue weighted by atomic mass is 10.00. The van der Waals surface area contributed by atoms with Crippen LogP contribution < -0.4 is 5.32 Å². The zero-order valence-corrected chi connectivity index (χ0v) is 19.3. The molecule has 4 amide bonds. The molecule has 1 aromatic rings. The second-order valence-corrected chi connectivity index (χ2v) is 9.58. The van der Waals surface area contributed by atoms with Gasteiger partial charge in [0.05, 0.1) is 6.04 Å². The van der Waals surface area contributed by atoms with E-state index < -0.39 is 11.7 Å². The molecule has 3 aliphatic rings. The minimum absolute atomic E-state index is 0.0736. The van der Waals surface area contributed by atoms with Crippen LogP contribution in [-0.2, 0) is 16.1 Å². The SMILES string of the molecule is Cc1cc(CNC(=O)N(C2CC2)[C@@H]2CCCN(C(=O)C3CCN(C)C3=O)C2)c(F)cc1Cl. The molecular weight excluding hydrogens is 435 g/mol. The number of amides is 4. The van der Waals surface area contributed by atoms with Crippen molar-refractivity contribution in [2.24, 2.45) is 5.92 Å². The van der Waals surface area contributed by atoms with Crippen molar-refractivity contribution in [1.82, 2.24) is 20.0 Å². The summed E-state index contributed by atoms with van der Waals surface area (Å²) in [6.45, 7) is 3.51. The molecule has 0 radical (unpaired) electrons. The van der Waals surface area contributed by atoms with Crippen LogP contribution >= 0.6 is 11.6 Å². The van der Waals surface area contributed by atoms with Gasteiger partial charge in [-0.1, -0.05) is 11.6 Å². The molecule has 3 fully saturated rings. The molecule has 9 heteroatoms. The number of hydrogen-bond donors (Lipinski definition) is 1. The van der Waals surface area contributed by atoms with Gasteiger partial charge in [0.25, 0.3) is 0 Å². The molecule has 2 heterocycles. The molecule has 32 heavy (non-hydrogen) atoms. The molecule has 1 unspecified atom stereocenters. The summed E-state index contributed by atoms with van der Waals surface area (Å²) in [6.07, 6.45) is 4.00. The van der Waals surface area contributed by atoms with Gasteiger partial charge in [-0.3, -0.25) is 9.59 Å². The number of nitrogens with zero attached hydrogens (tertiary/aromatic N) is 3.